The molecule has 13 nitrogen and oxygen atoms in total. The number of nitrogens with two attached hydrogens (primary N) is 2. The summed E-state index contributed by atoms with van der Waals surface area (Å²) < 4.78 is 21.7. The highest BCUT2D eigenvalue weighted by Crippen LogP contribution is 2.38. The molecule has 1 fully saturated rings. The Bertz CT molecular complexity index is 726. The van der Waals surface area contributed by atoms with Crippen molar-refractivity contribution in [2.24, 2.45) is 5.73 Å². The van der Waals surface area contributed by atoms with Crippen LogP contribution < -0.4 is 16.8 Å². The lowest BCUT2D eigenvalue weighted by Gasteiger charge is -2.17. The summed E-state index contributed by atoms with van der Waals surface area (Å²) in [5, 5.41) is 22.9. The molecule has 1 aromatic heterocycles. The molecule has 0 unspecified atom stereocenters. The molecule has 0 aromatic carbocycles. The Morgan fingerprint density at radius 3 is 2.62 bits per heavy atom. The van der Waals surface area contributed by atoms with Gasteiger partial charge in [0.2, 0.25) is 0 Å². The first kappa shape index (κ1) is 23.7. The Morgan fingerprint density at radius 1 is 1.28 bits per heavy atom. The summed E-state index contributed by atoms with van der Waals surface area (Å²) in [4.78, 5) is 33.7. The van der Waals surface area contributed by atoms with E-state index < -0.39 is 44.9 Å². The second-order valence-electron chi connectivity index (χ2n) is 6.68. The fourth-order valence-electron chi connectivity index (χ4n) is 2.92. The van der Waals surface area contributed by atoms with Gasteiger partial charge in [-0.15, -0.1) is 0 Å². The Kier molecular flexibility index (Phi) is 8.55. The molecule has 1 amide bonds. The second kappa shape index (κ2) is 10.5. The van der Waals surface area contributed by atoms with Crippen LogP contribution in [0.5, 0.6) is 0 Å². The minimum atomic E-state index is -4.77. The molecule has 0 radical (unpaired) electrons. The lowest BCUT2D eigenvalue weighted by Crippen LogP contribution is -2.33. The van der Waals surface area contributed by atoms with Crippen LogP contribution in [0.25, 0.3) is 0 Å². The molecular weight excluding hydrogens is 409 g/mol. The third-order valence-corrected chi connectivity index (χ3v) is 4.97. The van der Waals surface area contributed by atoms with Gasteiger partial charge in [0.25, 0.3) is 5.91 Å². The molecule has 2 rings (SSSR count). The van der Waals surface area contributed by atoms with Gasteiger partial charge in [-0.1, -0.05) is 12.8 Å². The quantitative estimate of drug-likeness (QED) is 0.155. The van der Waals surface area contributed by atoms with Crippen molar-refractivity contribution in [1.82, 2.24) is 14.9 Å². The number of imidazole rings is 1. The molecule has 9 N–H and O–H groups in total. The predicted molar refractivity (Wildman–Crippen MR) is 100 cm³/mol. The summed E-state index contributed by atoms with van der Waals surface area (Å²) >= 11 is 0. The minimum Gasteiger partial charge on any atom is -0.387 e. The molecule has 29 heavy (non-hydrogen) atoms. The number of ether oxygens (including phenoxy) is 1. The van der Waals surface area contributed by atoms with Gasteiger partial charge in [0.15, 0.2) is 11.9 Å². The number of amides is 1. The molecule has 2 heterocycles. The first-order valence-corrected chi connectivity index (χ1v) is 10.7. The number of hydrogen-bond acceptors (Lipinski definition) is 9. The highest BCUT2D eigenvalue weighted by atomic mass is 31.2. The Balaban J connectivity index is 1.95. The molecule has 0 aliphatic carbocycles. The van der Waals surface area contributed by atoms with Crippen molar-refractivity contribution in [2.75, 3.05) is 25.4 Å². The van der Waals surface area contributed by atoms with Gasteiger partial charge in [0, 0.05) is 6.54 Å². The van der Waals surface area contributed by atoms with Crippen LogP contribution in [0.3, 0.4) is 0 Å². The third kappa shape index (κ3) is 6.46. The molecule has 0 bridgehead atoms. The monoisotopic (exact) mass is 437 g/mol. The number of carbonyl (C=O) groups excluding carboxylic acids is 1. The van der Waals surface area contributed by atoms with E-state index in [2.05, 4.69) is 14.8 Å². The summed E-state index contributed by atoms with van der Waals surface area (Å²) in [5.41, 5.74) is 11.3. The number of aliphatic hydroxyl groups excluding tert-OH is 2. The number of unbranched alkanes of at least 4 members (excludes halogenated alkanes) is 3. The van der Waals surface area contributed by atoms with E-state index in [1.54, 1.807) is 0 Å². The number of carbonyl (C=O) groups is 1. The Morgan fingerprint density at radius 2 is 1.97 bits per heavy atom. The van der Waals surface area contributed by atoms with Crippen LogP contribution in [-0.2, 0) is 13.8 Å². The number of nitrogens with zero attached hydrogens (tertiary/aromatic N) is 2. The average Bonchev–Trinajstić information content (AvgIpc) is 3.16. The zero-order valence-corrected chi connectivity index (χ0v) is 16.6. The predicted octanol–water partition coefficient (Wildman–Crippen LogP) is -1.56. The number of anilines is 1. The second-order valence-corrected chi connectivity index (χ2v) is 7.92. The number of aliphatic hydroxyl groups is 2. The largest absolute Gasteiger partial charge is 0.469 e. The van der Waals surface area contributed by atoms with Crippen LogP contribution in [0.1, 0.15) is 42.4 Å². The maximum Gasteiger partial charge on any atom is 0.469 e. The van der Waals surface area contributed by atoms with Gasteiger partial charge in [0.05, 0.1) is 12.9 Å². The molecule has 14 heteroatoms. The van der Waals surface area contributed by atoms with Gasteiger partial charge in [-0.05, 0) is 19.4 Å². The molecule has 1 aliphatic heterocycles. The Labute approximate surface area is 167 Å². The molecule has 1 aromatic rings. The van der Waals surface area contributed by atoms with E-state index in [0.29, 0.717) is 13.1 Å². The van der Waals surface area contributed by atoms with Crippen LogP contribution in [0, 0.1) is 0 Å². The van der Waals surface area contributed by atoms with Crippen LogP contribution in [0.15, 0.2) is 6.33 Å². The number of phosphoric ester groups is 1. The number of rotatable bonds is 11. The van der Waals surface area contributed by atoms with E-state index >= 15 is 0 Å². The number of phosphoric acid groups is 1. The van der Waals surface area contributed by atoms with Crippen molar-refractivity contribution in [2.45, 2.75) is 50.2 Å². The summed E-state index contributed by atoms with van der Waals surface area (Å²) in [6.45, 7) is 0.431. The molecule has 4 atom stereocenters. The van der Waals surface area contributed by atoms with Gasteiger partial charge in [0.1, 0.15) is 24.1 Å². The standard InChI is InChI=1S/C15H28N5O8P/c16-5-3-1-2-4-6-18-14(23)10-13(17)20(8-19-10)15-12(22)11(21)9(28-15)7-27-29(24,25)26/h8-9,11-12,15,21-22H,1-7,16-17H2,(H,18,23)(H2,24,25,26)/t9-,11-,12-,15-/m1/s1. The van der Waals surface area contributed by atoms with Gasteiger partial charge >= 0.3 is 7.82 Å². The third-order valence-electron chi connectivity index (χ3n) is 4.48. The number of nitrogens with one attached hydrogen (secondary N) is 1. The molecular formula is C15H28N5O8P. The highest BCUT2D eigenvalue weighted by molar-refractivity contribution is 7.46. The maximum atomic E-state index is 12.3. The number of nitrogen functional groups attached to an aromatic ring is 1. The van der Waals surface area contributed by atoms with Gasteiger partial charge < -0.3 is 41.5 Å². The van der Waals surface area contributed by atoms with Crippen LogP contribution >= 0.6 is 7.82 Å². The summed E-state index contributed by atoms with van der Waals surface area (Å²) in [6, 6.07) is 0. The minimum absolute atomic E-state index is 0.0628. The van der Waals surface area contributed by atoms with E-state index in [-0.39, 0.29) is 11.5 Å². The molecule has 1 saturated heterocycles. The fraction of sp³-hybridized carbons (Fsp3) is 0.733. The first-order valence-electron chi connectivity index (χ1n) is 9.18. The smallest absolute Gasteiger partial charge is 0.387 e. The van der Waals surface area contributed by atoms with E-state index in [4.69, 9.17) is 26.0 Å². The van der Waals surface area contributed by atoms with E-state index in [1.807, 2.05) is 0 Å². The van der Waals surface area contributed by atoms with Gasteiger partial charge in [-0.2, -0.15) is 0 Å². The lowest BCUT2D eigenvalue weighted by molar-refractivity contribution is -0.0510. The molecule has 0 saturated carbocycles. The van der Waals surface area contributed by atoms with E-state index in [9.17, 15) is 19.6 Å². The SMILES string of the molecule is NCCCCCCNC(=O)c1ncn([C@@H]2O[C@H](COP(=O)(O)O)[C@@H](O)[C@H]2O)c1N. The van der Waals surface area contributed by atoms with Crippen molar-refractivity contribution in [3.8, 4) is 0 Å². The van der Waals surface area contributed by atoms with Crippen LogP contribution in [0.2, 0.25) is 0 Å². The van der Waals surface area contributed by atoms with Crippen molar-refractivity contribution in [3.63, 3.8) is 0 Å². The van der Waals surface area contributed by atoms with Crippen LogP contribution in [-0.4, -0.2) is 73.5 Å². The molecule has 0 spiro atoms. The highest BCUT2D eigenvalue weighted by Gasteiger charge is 2.45. The van der Waals surface area contributed by atoms with Crippen molar-refractivity contribution in [1.29, 1.82) is 0 Å². The summed E-state index contributed by atoms with van der Waals surface area (Å²) in [5.74, 6) is -0.576. The number of aromatic nitrogens is 2. The zero-order valence-electron chi connectivity index (χ0n) is 15.8. The first-order chi connectivity index (χ1) is 13.7. The van der Waals surface area contributed by atoms with Gasteiger partial charge in [-0.3, -0.25) is 13.9 Å². The topological polar surface area (TPSA) is 215 Å². The van der Waals surface area contributed by atoms with Crippen molar-refractivity contribution in [3.05, 3.63) is 12.0 Å². The van der Waals surface area contributed by atoms with E-state index in [0.717, 1.165) is 25.7 Å². The molecule has 1 aliphatic rings. The summed E-state index contributed by atoms with van der Waals surface area (Å²) in [6.07, 6.45) is -0.580. The number of hydrogen-bond donors (Lipinski definition) is 7. The van der Waals surface area contributed by atoms with Crippen molar-refractivity contribution >= 4 is 19.5 Å². The van der Waals surface area contributed by atoms with Crippen molar-refractivity contribution < 1.29 is 38.6 Å². The average molecular weight is 437 g/mol. The fourth-order valence-corrected chi connectivity index (χ4v) is 3.27. The Hall–Kier alpha value is -1.57. The lowest BCUT2D eigenvalue weighted by atomic mass is 10.1. The van der Waals surface area contributed by atoms with Crippen LogP contribution in [0.4, 0.5) is 5.82 Å². The molecule has 166 valence electrons. The van der Waals surface area contributed by atoms with Gasteiger partial charge in [-0.25, -0.2) is 9.55 Å². The zero-order chi connectivity index (χ0) is 21.6. The van der Waals surface area contributed by atoms with E-state index in [1.165, 1.54) is 10.9 Å². The maximum absolute atomic E-state index is 12.3. The summed E-state index contributed by atoms with van der Waals surface area (Å²) in [7, 11) is -4.77. The normalized spacial score (nSPS) is 24.7.